The quantitative estimate of drug-likeness (QED) is 0.712. The van der Waals surface area contributed by atoms with Gasteiger partial charge < -0.3 is 14.4 Å². The van der Waals surface area contributed by atoms with Crippen molar-refractivity contribution < 1.29 is 19.1 Å². The standard InChI is InChI=1S/C19H24N4O4S/c1-13-17(28-19(20-13)23-8-10-27-11-9-23)18(25)22-21-16(24)7-6-14-4-3-5-15(12-14)26-2/h3-5,12H,6-11H2,1-2H3,(H,21,24)(H,22,25). The number of rotatable bonds is 6. The molecule has 9 heteroatoms. The third kappa shape index (κ3) is 5.20. The number of aryl methyl sites for hydroxylation is 2. The summed E-state index contributed by atoms with van der Waals surface area (Å²) in [5.41, 5.74) is 6.59. The minimum absolute atomic E-state index is 0.258. The highest BCUT2D eigenvalue weighted by atomic mass is 32.1. The van der Waals surface area contributed by atoms with E-state index in [0.29, 0.717) is 30.2 Å². The van der Waals surface area contributed by atoms with Gasteiger partial charge in [-0.3, -0.25) is 20.4 Å². The second-order valence-corrected chi connectivity index (χ2v) is 7.34. The van der Waals surface area contributed by atoms with Gasteiger partial charge in [-0.1, -0.05) is 23.5 Å². The number of methoxy groups -OCH3 is 1. The summed E-state index contributed by atoms with van der Waals surface area (Å²) in [6.45, 7) is 4.62. The number of benzene rings is 1. The SMILES string of the molecule is COc1cccc(CCC(=O)NNC(=O)c2sc(N3CCOCC3)nc2C)c1. The number of morpholine rings is 1. The number of aromatic nitrogens is 1. The van der Waals surface area contributed by atoms with Crippen LogP contribution in [0, 0.1) is 6.92 Å². The molecule has 3 rings (SSSR count). The number of ether oxygens (including phenoxy) is 2. The van der Waals surface area contributed by atoms with E-state index in [2.05, 4.69) is 20.7 Å². The van der Waals surface area contributed by atoms with Crippen LogP contribution in [-0.4, -0.2) is 50.2 Å². The van der Waals surface area contributed by atoms with Gasteiger partial charge in [0.1, 0.15) is 10.6 Å². The lowest BCUT2D eigenvalue weighted by atomic mass is 10.1. The molecule has 150 valence electrons. The van der Waals surface area contributed by atoms with Crippen LogP contribution in [-0.2, 0) is 16.0 Å². The maximum absolute atomic E-state index is 12.4. The minimum Gasteiger partial charge on any atom is -0.497 e. The molecule has 2 N–H and O–H groups in total. The highest BCUT2D eigenvalue weighted by Gasteiger charge is 2.20. The smallest absolute Gasteiger partial charge is 0.281 e. The Morgan fingerprint density at radius 2 is 2.07 bits per heavy atom. The Labute approximate surface area is 167 Å². The molecule has 2 amide bonds. The number of carbonyl (C=O) groups is 2. The summed E-state index contributed by atoms with van der Waals surface area (Å²) in [4.78, 5) is 31.5. The molecule has 2 aromatic rings. The van der Waals surface area contributed by atoms with Crippen molar-refractivity contribution in [2.75, 3.05) is 38.3 Å². The molecule has 0 unspecified atom stereocenters. The summed E-state index contributed by atoms with van der Waals surface area (Å²) in [6.07, 6.45) is 0.813. The molecule has 0 atom stereocenters. The Hall–Kier alpha value is -2.65. The molecule has 0 spiro atoms. The van der Waals surface area contributed by atoms with Crippen molar-refractivity contribution in [1.82, 2.24) is 15.8 Å². The van der Waals surface area contributed by atoms with Gasteiger partial charge in [0.05, 0.1) is 26.0 Å². The van der Waals surface area contributed by atoms with Gasteiger partial charge in [-0.2, -0.15) is 0 Å². The van der Waals surface area contributed by atoms with Crippen LogP contribution < -0.4 is 20.5 Å². The van der Waals surface area contributed by atoms with Gasteiger partial charge in [-0.05, 0) is 31.0 Å². The second kappa shape index (κ2) is 9.52. The van der Waals surface area contributed by atoms with Crippen molar-refractivity contribution in [2.45, 2.75) is 19.8 Å². The molecule has 1 fully saturated rings. The molecule has 1 aliphatic heterocycles. The van der Waals surface area contributed by atoms with E-state index in [9.17, 15) is 9.59 Å². The lowest BCUT2D eigenvalue weighted by Gasteiger charge is -2.25. The second-order valence-electron chi connectivity index (χ2n) is 6.36. The fourth-order valence-corrected chi connectivity index (χ4v) is 3.83. The highest BCUT2D eigenvalue weighted by Crippen LogP contribution is 2.26. The summed E-state index contributed by atoms with van der Waals surface area (Å²) in [5.74, 6) is 0.138. The van der Waals surface area contributed by atoms with Gasteiger partial charge in [0.2, 0.25) is 5.91 Å². The lowest BCUT2D eigenvalue weighted by Crippen LogP contribution is -2.41. The topological polar surface area (TPSA) is 92.8 Å². The van der Waals surface area contributed by atoms with E-state index in [1.54, 1.807) is 14.0 Å². The number of amides is 2. The van der Waals surface area contributed by atoms with Gasteiger partial charge in [0.15, 0.2) is 5.13 Å². The third-order valence-corrected chi connectivity index (χ3v) is 5.58. The number of nitrogens with zero attached hydrogens (tertiary/aromatic N) is 2. The van der Waals surface area contributed by atoms with Gasteiger partial charge in [0.25, 0.3) is 5.91 Å². The van der Waals surface area contributed by atoms with E-state index < -0.39 is 0 Å². The van der Waals surface area contributed by atoms with Crippen LogP contribution in [0.5, 0.6) is 5.75 Å². The molecular formula is C19H24N4O4S. The first-order valence-electron chi connectivity index (χ1n) is 9.09. The molecule has 1 aromatic carbocycles. The Morgan fingerprint density at radius 3 is 2.82 bits per heavy atom. The number of hydrogen-bond donors (Lipinski definition) is 2. The van der Waals surface area contributed by atoms with Crippen LogP contribution in [0.4, 0.5) is 5.13 Å². The summed E-state index contributed by atoms with van der Waals surface area (Å²) >= 11 is 1.32. The molecule has 2 heterocycles. The van der Waals surface area contributed by atoms with Crippen LogP contribution in [0.15, 0.2) is 24.3 Å². The van der Waals surface area contributed by atoms with Crippen molar-refractivity contribution >= 4 is 28.3 Å². The van der Waals surface area contributed by atoms with Crippen molar-refractivity contribution in [3.05, 3.63) is 40.4 Å². The number of thiazole rings is 1. The molecule has 8 nitrogen and oxygen atoms in total. The highest BCUT2D eigenvalue weighted by molar-refractivity contribution is 7.17. The average molecular weight is 404 g/mol. The first-order chi connectivity index (χ1) is 13.6. The number of nitrogens with one attached hydrogen (secondary N) is 2. The fraction of sp³-hybridized carbons (Fsp3) is 0.421. The zero-order chi connectivity index (χ0) is 19.9. The van der Waals surface area contributed by atoms with E-state index in [-0.39, 0.29) is 18.2 Å². The van der Waals surface area contributed by atoms with Gasteiger partial charge in [0, 0.05) is 19.5 Å². The van der Waals surface area contributed by atoms with E-state index in [0.717, 1.165) is 29.5 Å². The maximum Gasteiger partial charge on any atom is 0.281 e. The molecule has 1 saturated heterocycles. The van der Waals surface area contributed by atoms with Crippen LogP contribution in [0.25, 0.3) is 0 Å². The predicted octanol–water partition coefficient (Wildman–Crippen LogP) is 1.69. The van der Waals surface area contributed by atoms with Gasteiger partial charge >= 0.3 is 0 Å². The molecule has 0 bridgehead atoms. The Balaban J connectivity index is 1.49. The summed E-state index contributed by atoms with van der Waals surface area (Å²) in [6, 6.07) is 7.56. The van der Waals surface area contributed by atoms with E-state index in [4.69, 9.17) is 9.47 Å². The molecule has 1 aromatic heterocycles. The van der Waals surface area contributed by atoms with Crippen molar-refractivity contribution in [3.8, 4) is 5.75 Å². The van der Waals surface area contributed by atoms with Crippen molar-refractivity contribution in [2.24, 2.45) is 0 Å². The van der Waals surface area contributed by atoms with Crippen molar-refractivity contribution in [3.63, 3.8) is 0 Å². The van der Waals surface area contributed by atoms with E-state index in [1.165, 1.54) is 11.3 Å². The predicted molar refractivity (Wildman–Crippen MR) is 107 cm³/mol. The molecule has 28 heavy (non-hydrogen) atoms. The van der Waals surface area contributed by atoms with Crippen LogP contribution in [0.2, 0.25) is 0 Å². The number of hydrazine groups is 1. The van der Waals surface area contributed by atoms with Crippen LogP contribution in [0.3, 0.4) is 0 Å². The van der Waals surface area contributed by atoms with E-state index >= 15 is 0 Å². The third-order valence-electron chi connectivity index (χ3n) is 4.36. The average Bonchev–Trinajstić information content (AvgIpc) is 3.13. The van der Waals surface area contributed by atoms with Crippen molar-refractivity contribution in [1.29, 1.82) is 0 Å². The largest absolute Gasteiger partial charge is 0.497 e. The minimum atomic E-state index is -0.357. The molecule has 0 saturated carbocycles. The fourth-order valence-electron chi connectivity index (χ4n) is 2.81. The van der Waals surface area contributed by atoms with Gasteiger partial charge in [-0.15, -0.1) is 0 Å². The Bertz CT molecular complexity index is 833. The molecular weight excluding hydrogens is 380 g/mol. The molecule has 1 aliphatic rings. The van der Waals surface area contributed by atoms with E-state index in [1.807, 2.05) is 24.3 Å². The monoisotopic (exact) mass is 404 g/mol. The zero-order valence-electron chi connectivity index (χ0n) is 16.0. The number of carbonyl (C=O) groups excluding carboxylic acids is 2. The Kier molecular flexibility index (Phi) is 6.83. The number of hydrogen-bond acceptors (Lipinski definition) is 7. The first kappa shape index (κ1) is 20.1. The summed E-state index contributed by atoms with van der Waals surface area (Å²) in [7, 11) is 1.60. The van der Waals surface area contributed by atoms with Crippen LogP contribution >= 0.6 is 11.3 Å². The maximum atomic E-state index is 12.4. The molecule has 0 aliphatic carbocycles. The van der Waals surface area contributed by atoms with Gasteiger partial charge in [-0.25, -0.2) is 4.98 Å². The zero-order valence-corrected chi connectivity index (χ0v) is 16.8. The van der Waals surface area contributed by atoms with Crippen LogP contribution in [0.1, 0.15) is 27.3 Å². The summed E-state index contributed by atoms with van der Waals surface area (Å²) in [5, 5.41) is 0.801. The Morgan fingerprint density at radius 1 is 1.29 bits per heavy atom. The lowest BCUT2D eigenvalue weighted by molar-refractivity contribution is -0.121. The molecule has 0 radical (unpaired) electrons. The summed E-state index contributed by atoms with van der Waals surface area (Å²) < 4.78 is 10.5. The first-order valence-corrected chi connectivity index (χ1v) is 9.90. The number of anilines is 1. The normalized spacial score (nSPS) is 13.9.